The summed E-state index contributed by atoms with van der Waals surface area (Å²) in [5.41, 5.74) is 8.49. The molecule has 2 N–H and O–H groups in total. The minimum absolute atomic E-state index is 0.0279. The van der Waals surface area contributed by atoms with Gasteiger partial charge in [0.1, 0.15) is 18.0 Å². The summed E-state index contributed by atoms with van der Waals surface area (Å²) in [6.07, 6.45) is 7.02. The summed E-state index contributed by atoms with van der Waals surface area (Å²) < 4.78 is 7.86. The molecule has 1 aliphatic rings. The third kappa shape index (κ3) is 3.87. The Morgan fingerprint density at radius 1 is 1.29 bits per heavy atom. The molecular weight excluding hydrogens is 352 g/mol. The Labute approximate surface area is 164 Å². The molecule has 6 heteroatoms. The Morgan fingerprint density at radius 3 is 3.00 bits per heavy atom. The first-order valence-corrected chi connectivity index (χ1v) is 9.84. The van der Waals surface area contributed by atoms with Crippen LogP contribution in [0.15, 0.2) is 54.9 Å². The largest absolute Gasteiger partial charge is 0.487 e. The normalized spacial score (nSPS) is 18.2. The number of imidazole rings is 1. The van der Waals surface area contributed by atoms with Gasteiger partial charge in [0, 0.05) is 36.6 Å². The van der Waals surface area contributed by atoms with Gasteiger partial charge in [0.2, 0.25) is 0 Å². The maximum atomic E-state index is 13.1. The van der Waals surface area contributed by atoms with Crippen LogP contribution in [0.3, 0.4) is 0 Å². The molecule has 0 bridgehead atoms. The monoisotopic (exact) mass is 378 g/mol. The predicted molar refractivity (Wildman–Crippen MR) is 108 cm³/mol. The molecule has 1 aromatic carbocycles. The lowest BCUT2D eigenvalue weighted by Gasteiger charge is -2.38. The SMILES string of the molecule is CC(N)C1CCCCN1C(=O)c1cccc(OCc2cn3ccccc3n2)c1. The Morgan fingerprint density at radius 2 is 2.18 bits per heavy atom. The number of fused-ring (bicyclic) bond motifs is 1. The number of likely N-dealkylation sites (tertiary alicyclic amines) is 1. The highest BCUT2D eigenvalue weighted by atomic mass is 16.5. The molecule has 1 saturated heterocycles. The summed E-state index contributed by atoms with van der Waals surface area (Å²) in [7, 11) is 0. The maximum absolute atomic E-state index is 13.1. The second-order valence-corrected chi connectivity index (χ2v) is 7.44. The number of carbonyl (C=O) groups is 1. The van der Waals surface area contributed by atoms with Crippen LogP contribution in [0.25, 0.3) is 5.65 Å². The van der Waals surface area contributed by atoms with Crippen molar-refractivity contribution >= 4 is 11.6 Å². The van der Waals surface area contributed by atoms with Gasteiger partial charge in [-0.15, -0.1) is 0 Å². The quantitative estimate of drug-likeness (QED) is 0.740. The fraction of sp³-hybridized carbons (Fsp3) is 0.364. The number of ether oxygens (including phenoxy) is 1. The van der Waals surface area contributed by atoms with Gasteiger partial charge >= 0.3 is 0 Å². The standard InChI is InChI=1S/C22H26N4O2/c1-16(23)20-9-2-5-12-26(20)22(27)17-7-6-8-19(13-17)28-15-18-14-25-11-4-3-10-21(25)24-18/h3-4,6-8,10-11,13-14,16,20H,2,5,9,12,15,23H2,1H3. The van der Waals surface area contributed by atoms with E-state index in [0.717, 1.165) is 37.1 Å². The minimum Gasteiger partial charge on any atom is -0.487 e. The molecule has 1 aliphatic heterocycles. The van der Waals surface area contributed by atoms with Crippen molar-refractivity contribution < 1.29 is 9.53 Å². The van der Waals surface area contributed by atoms with Gasteiger partial charge in [0.25, 0.3) is 5.91 Å². The van der Waals surface area contributed by atoms with Crippen molar-refractivity contribution in [3.05, 3.63) is 66.1 Å². The van der Waals surface area contributed by atoms with Crippen LogP contribution in [0.4, 0.5) is 0 Å². The van der Waals surface area contributed by atoms with Crippen LogP contribution in [0.5, 0.6) is 5.75 Å². The number of rotatable bonds is 5. The number of hydrogen-bond acceptors (Lipinski definition) is 4. The number of piperidine rings is 1. The average Bonchev–Trinajstić information content (AvgIpc) is 3.15. The number of benzene rings is 1. The molecule has 0 spiro atoms. The van der Waals surface area contributed by atoms with E-state index in [9.17, 15) is 4.79 Å². The summed E-state index contributed by atoms with van der Waals surface area (Å²) in [5.74, 6) is 0.692. The fourth-order valence-electron chi connectivity index (χ4n) is 3.85. The van der Waals surface area contributed by atoms with Crippen LogP contribution < -0.4 is 10.5 Å². The molecule has 6 nitrogen and oxygen atoms in total. The van der Waals surface area contributed by atoms with Crippen molar-refractivity contribution in [3.63, 3.8) is 0 Å². The summed E-state index contributed by atoms with van der Waals surface area (Å²) in [4.78, 5) is 19.5. The second kappa shape index (κ2) is 8.02. The van der Waals surface area contributed by atoms with Crippen LogP contribution in [0, 0.1) is 0 Å². The van der Waals surface area contributed by atoms with Crippen LogP contribution in [-0.4, -0.2) is 38.8 Å². The lowest BCUT2D eigenvalue weighted by molar-refractivity contribution is 0.0583. The summed E-state index contributed by atoms with van der Waals surface area (Å²) >= 11 is 0. The molecule has 3 aromatic rings. The molecule has 1 fully saturated rings. The van der Waals surface area contributed by atoms with Gasteiger partial charge in [-0.2, -0.15) is 0 Å². The average molecular weight is 378 g/mol. The third-order valence-corrected chi connectivity index (χ3v) is 5.30. The van der Waals surface area contributed by atoms with Crippen molar-refractivity contribution in [3.8, 4) is 5.75 Å². The molecule has 2 aromatic heterocycles. The van der Waals surface area contributed by atoms with Gasteiger partial charge in [-0.1, -0.05) is 12.1 Å². The number of carbonyl (C=O) groups excluding carboxylic acids is 1. The zero-order valence-corrected chi connectivity index (χ0v) is 16.1. The number of hydrogen-bond donors (Lipinski definition) is 1. The Bertz CT molecular complexity index is 933. The van der Waals surface area contributed by atoms with Crippen molar-refractivity contribution in [2.75, 3.05) is 6.54 Å². The van der Waals surface area contributed by atoms with E-state index in [0.29, 0.717) is 17.9 Å². The van der Waals surface area contributed by atoms with Crippen LogP contribution in [0.2, 0.25) is 0 Å². The molecule has 28 heavy (non-hydrogen) atoms. The van der Waals surface area contributed by atoms with Crippen molar-refractivity contribution in [1.82, 2.24) is 14.3 Å². The lowest BCUT2D eigenvalue weighted by atomic mass is 9.96. The molecule has 0 aliphatic carbocycles. The third-order valence-electron chi connectivity index (χ3n) is 5.30. The molecule has 2 atom stereocenters. The Balaban J connectivity index is 1.47. The van der Waals surface area contributed by atoms with E-state index in [1.165, 1.54) is 0 Å². The fourth-order valence-corrected chi connectivity index (χ4v) is 3.85. The topological polar surface area (TPSA) is 72.9 Å². The van der Waals surface area contributed by atoms with E-state index < -0.39 is 0 Å². The zero-order valence-electron chi connectivity index (χ0n) is 16.1. The van der Waals surface area contributed by atoms with Gasteiger partial charge in [-0.25, -0.2) is 4.98 Å². The van der Waals surface area contributed by atoms with Crippen molar-refractivity contribution in [1.29, 1.82) is 0 Å². The van der Waals surface area contributed by atoms with E-state index in [1.807, 2.05) is 71.1 Å². The number of aromatic nitrogens is 2. The summed E-state index contributed by atoms with van der Waals surface area (Å²) in [6, 6.07) is 13.3. The van der Waals surface area contributed by atoms with Gasteiger partial charge in [0.05, 0.1) is 5.69 Å². The first-order valence-electron chi connectivity index (χ1n) is 9.84. The highest BCUT2D eigenvalue weighted by molar-refractivity contribution is 5.95. The van der Waals surface area contributed by atoms with Crippen molar-refractivity contribution in [2.45, 2.75) is 44.9 Å². The van der Waals surface area contributed by atoms with Gasteiger partial charge in [-0.05, 0) is 56.5 Å². The van der Waals surface area contributed by atoms with Crippen LogP contribution in [0.1, 0.15) is 42.2 Å². The second-order valence-electron chi connectivity index (χ2n) is 7.44. The van der Waals surface area contributed by atoms with Gasteiger partial charge < -0.3 is 19.8 Å². The van der Waals surface area contributed by atoms with Crippen LogP contribution >= 0.6 is 0 Å². The highest BCUT2D eigenvalue weighted by Crippen LogP contribution is 2.23. The summed E-state index contributed by atoms with van der Waals surface area (Å²) in [6.45, 7) is 3.09. The first kappa shape index (κ1) is 18.5. The predicted octanol–water partition coefficient (Wildman–Crippen LogP) is 3.26. The van der Waals surface area contributed by atoms with E-state index in [4.69, 9.17) is 10.5 Å². The Kier molecular flexibility index (Phi) is 5.30. The van der Waals surface area contributed by atoms with E-state index in [2.05, 4.69) is 4.98 Å². The number of nitrogens with two attached hydrogens (primary N) is 1. The van der Waals surface area contributed by atoms with Gasteiger partial charge in [0.15, 0.2) is 0 Å². The molecule has 0 saturated carbocycles. The molecule has 2 unspecified atom stereocenters. The summed E-state index contributed by atoms with van der Waals surface area (Å²) in [5, 5.41) is 0. The molecular formula is C22H26N4O2. The number of pyridine rings is 1. The molecule has 1 amide bonds. The zero-order chi connectivity index (χ0) is 19.5. The van der Waals surface area contributed by atoms with E-state index in [1.54, 1.807) is 0 Å². The number of nitrogens with zero attached hydrogens (tertiary/aromatic N) is 3. The first-order chi connectivity index (χ1) is 13.6. The molecule has 0 radical (unpaired) electrons. The molecule has 4 rings (SSSR count). The van der Waals surface area contributed by atoms with Crippen molar-refractivity contribution in [2.24, 2.45) is 5.73 Å². The van der Waals surface area contributed by atoms with Gasteiger partial charge in [-0.3, -0.25) is 4.79 Å². The highest BCUT2D eigenvalue weighted by Gasteiger charge is 2.29. The molecule has 3 heterocycles. The van der Waals surface area contributed by atoms with Crippen LogP contribution in [-0.2, 0) is 6.61 Å². The van der Waals surface area contributed by atoms with E-state index in [-0.39, 0.29) is 18.0 Å². The Hall–Kier alpha value is -2.86. The lowest BCUT2D eigenvalue weighted by Crippen LogP contribution is -2.51. The van der Waals surface area contributed by atoms with E-state index >= 15 is 0 Å². The minimum atomic E-state index is -0.0290. The maximum Gasteiger partial charge on any atom is 0.254 e. The number of amides is 1. The smallest absolute Gasteiger partial charge is 0.254 e. The molecule has 146 valence electrons.